The van der Waals surface area contributed by atoms with Crippen LogP contribution in [0.5, 0.6) is 0 Å². The summed E-state index contributed by atoms with van der Waals surface area (Å²) in [7, 11) is 1.85. The first-order valence-corrected chi connectivity index (χ1v) is 9.10. The summed E-state index contributed by atoms with van der Waals surface area (Å²) >= 11 is 11.5. The molecule has 0 saturated carbocycles. The molecule has 0 spiro atoms. The monoisotopic (exact) mass is 406 g/mol. The Balaban J connectivity index is 1.79. The van der Waals surface area contributed by atoms with E-state index in [9.17, 15) is 4.39 Å². The highest BCUT2D eigenvalue weighted by atomic mass is 35.5. The molecule has 0 aliphatic rings. The molecule has 0 amide bonds. The molecule has 0 bridgehead atoms. The van der Waals surface area contributed by atoms with Crippen LogP contribution >= 0.6 is 23.8 Å². The lowest BCUT2D eigenvalue weighted by Gasteiger charge is -2.11. The SMILES string of the molecule is Cc1nn(C)cc1NC(=S)Nc1c(C)nn(Cc2c(F)cccc2Cl)c1C. The van der Waals surface area contributed by atoms with Crippen LogP contribution in [-0.2, 0) is 13.6 Å². The third kappa shape index (κ3) is 4.12. The maximum Gasteiger partial charge on any atom is 0.175 e. The molecule has 142 valence electrons. The summed E-state index contributed by atoms with van der Waals surface area (Å²) in [5.41, 5.74) is 4.45. The number of halogens is 2. The fourth-order valence-electron chi connectivity index (χ4n) is 2.85. The van der Waals surface area contributed by atoms with Gasteiger partial charge in [-0.05, 0) is 45.1 Å². The Morgan fingerprint density at radius 3 is 2.56 bits per heavy atom. The molecule has 3 rings (SSSR count). The number of rotatable bonds is 4. The Hall–Kier alpha value is -2.45. The van der Waals surface area contributed by atoms with Gasteiger partial charge in [0.25, 0.3) is 0 Å². The third-order valence-corrected chi connectivity index (χ3v) is 4.81. The number of nitrogens with one attached hydrogen (secondary N) is 2. The molecule has 6 nitrogen and oxygen atoms in total. The Morgan fingerprint density at radius 2 is 1.93 bits per heavy atom. The van der Waals surface area contributed by atoms with E-state index in [1.54, 1.807) is 21.5 Å². The Bertz CT molecular complexity index is 989. The van der Waals surface area contributed by atoms with E-state index in [1.165, 1.54) is 6.07 Å². The number of anilines is 2. The molecule has 0 unspecified atom stereocenters. The average molecular weight is 407 g/mol. The van der Waals surface area contributed by atoms with Crippen molar-refractivity contribution in [3.8, 4) is 0 Å². The first-order chi connectivity index (χ1) is 12.8. The van der Waals surface area contributed by atoms with E-state index in [2.05, 4.69) is 20.8 Å². The normalized spacial score (nSPS) is 10.9. The number of hydrogen-bond acceptors (Lipinski definition) is 3. The van der Waals surface area contributed by atoms with Crippen LogP contribution < -0.4 is 10.6 Å². The van der Waals surface area contributed by atoms with Gasteiger partial charge in [0, 0.05) is 23.8 Å². The molecule has 2 heterocycles. The van der Waals surface area contributed by atoms with Crippen LogP contribution in [0.15, 0.2) is 24.4 Å². The van der Waals surface area contributed by atoms with Gasteiger partial charge < -0.3 is 10.6 Å². The number of hydrogen-bond donors (Lipinski definition) is 2. The summed E-state index contributed by atoms with van der Waals surface area (Å²) in [6.07, 6.45) is 1.85. The smallest absolute Gasteiger partial charge is 0.175 e. The first kappa shape index (κ1) is 19.3. The molecule has 0 aliphatic carbocycles. The lowest BCUT2D eigenvalue weighted by Crippen LogP contribution is -2.20. The van der Waals surface area contributed by atoms with Crippen molar-refractivity contribution in [2.75, 3.05) is 10.6 Å². The summed E-state index contributed by atoms with van der Waals surface area (Å²) in [5, 5.41) is 15.9. The minimum absolute atomic E-state index is 0.238. The van der Waals surface area contributed by atoms with E-state index in [1.807, 2.05) is 34.0 Å². The fourth-order valence-corrected chi connectivity index (χ4v) is 3.29. The molecular formula is C18H20ClFN6S. The number of nitrogens with zero attached hydrogens (tertiary/aromatic N) is 4. The minimum Gasteiger partial charge on any atom is -0.330 e. The van der Waals surface area contributed by atoms with Crippen molar-refractivity contribution in [3.05, 3.63) is 57.9 Å². The quantitative estimate of drug-likeness (QED) is 0.636. The summed E-state index contributed by atoms with van der Waals surface area (Å²) in [6.45, 7) is 5.90. The van der Waals surface area contributed by atoms with Crippen molar-refractivity contribution >= 4 is 40.3 Å². The van der Waals surface area contributed by atoms with Gasteiger partial charge in [-0.2, -0.15) is 10.2 Å². The van der Waals surface area contributed by atoms with E-state index >= 15 is 0 Å². The zero-order valence-electron chi connectivity index (χ0n) is 15.5. The molecule has 3 aromatic rings. The summed E-state index contributed by atoms with van der Waals surface area (Å²) in [6, 6.07) is 4.64. The molecule has 0 radical (unpaired) electrons. The second-order valence-electron chi connectivity index (χ2n) is 6.28. The predicted molar refractivity (Wildman–Crippen MR) is 110 cm³/mol. The van der Waals surface area contributed by atoms with Crippen molar-refractivity contribution in [1.29, 1.82) is 0 Å². The Kier molecular flexibility index (Phi) is 5.48. The van der Waals surface area contributed by atoms with Crippen LogP contribution in [0.2, 0.25) is 5.02 Å². The van der Waals surface area contributed by atoms with Crippen molar-refractivity contribution < 1.29 is 4.39 Å². The van der Waals surface area contributed by atoms with Crippen molar-refractivity contribution in [2.45, 2.75) is 27.3 Å². The minimum atomic E-state index is -0.353. The van der Waals surface area contributed by atoms with E-state index in [4.69, 9.17) is 23.8 Å². The molecule has 1 aromatic carbocycles. The van der Waals surface area contributed by atoms with Gasteiger partial charge in [-0.1, -0.05) is 17.7 Å². The van der Waals surface area contributed by atoms with E-state index in [0.717, 1.165) is 28.5 Å². The van der Waals surface area contributed by atoms with Gasteiger partial charge in [0.2, 0.25) is 0 Å². The maximum atomic E-state index is 14.1. The summed E-state index contributed by atoms with van der Waals surface area (Å²) in [4.78, 5) is 0. The Labute approximate surface area is 167 Å². The van der Waals surface area contributed by atoms with Crippen LogP contribution in [-0.4, -0.2) is 24.7 Å². The zero-order valence-corrected chi connectivity index (χ0v) is 17.0. The van der Waals surface area contributed by atoms with Gasteiger partial charge in [0.15, 0.2) is 5.11 Å². The first-order valence-electron chi connectivity index (χ1n) is 8.31. The summed E-state index contributed by atoms with van der Waals surface area (Å²) in [5.74, 6) is -0.353. The molecule has 27 heavy (non-hydrogen) atoms. The average Bonchev–Trinajstić information content (AvgIpc) is 3.03. The zero-order chi connectivity index (χ0) is 19.7. The number of aromatic nitrogens is 4. The van der Waals surface area contributed by atoms with Crippen LogP contribution in [0, 0.1) is 26.6 Å². The highest BCUT2D eigenvalue weighted by molar-refractivity contribution is 7.80. The lowest BCUT2D eigenvalue weighted by molar-refractivity contribution is 0.579. The van der Waals surface area contributed by atoms with Crippen molar-refractivity contribution in [1.82, 2.24) is 19.6 Å². The van der Waals surface area contributed by atoms with Gasteiger partial charge >= 0.3 is 0 Å². The van der Waals surface area contributed by atoms with Crippen LogP contribution in [0.3, 0.4) is 0 Å². The lowest BCUT2D eigenvalue weighted by atomic mass is 10.2. The molecule has 0 saturated heterocycles. The predicted octanol–water partition coefficient (Wildman–Crippen LogP) is 4.19. The highest BCUT2D eigenvalue weighted by Gasteiger charge is 2.16. The van der Waals surface area contributed by atoms with E-state index in [-0.39, 0.29) is 12.4 Å². The van der Waals surface area contributed by atoms with E-state index < -0.39 is 0 Å². The third-order valence-electron chi connectivity index (χ3n) is 4.25. The van der Waals surface area contributed by atoms with E-state index in [0.29, 0.717) is 15.7 Å². The number of thiocarbonyl (C=S) groups is 1. The number of aryl methyl sites for hydroxylation is 3. The highest BCUT2D eigenvalue weighted by Crippen LogP contribution is 2.24. The molecule has 2 N–H and O–H groups in total. The summed E-state index contributed by atoms with van der Waals surface area (Å²) < 4.78 is 17.5. The molecule has 0 aliphatic heterocycles. The van der Waals surface area contributed by atoms with Gasteiger partial charge in [0.1, 0.15) is 5.82 Å². The van der Waals surface area contributed by atoms with Gasteiger partial charge in [-0.15, -0.1) is 0 Å². The van der Waals surface area contributed by atoms with Crippen LogP contribution in [0.25, 0.3) is 0 Å². The second kappa shape index (κ2) is 7.66. The topological polar surface area (TPSA) is 59.7 Å². The molecular weight excluding hydrogens is 387 g/mol. The maximum absolute atomic E-state index is 14.1. The fraction of sp³-hybridized carbons (Fsp3) is 0.278. The molecule has 9 heteroatoms. The van der Waals surface area contributed by atoms with Gasteiger partial charge in [-0.25, -0.2) is 4.39 Å². The van der Waals surface area contributed by atoms with Crippen molar-refractivity contribution in [3.63, 3.8) is 0 Å². The van der Waals surface area contributed by atoms with Crippen LogP contribution in [0.1, 0.15) is 22.6 Å². The molecule has 0 atom stereocenters. The van der Waals surface area contributed by atoms with Gasteiger partial charge in [-0.3, -0.25) is 9.36 Å². The standard InChI is InChI=1S/C18H20ClFN6S/c1-10-16(9-25(4)23-10)21-18(27)22-17-11(2)24-26(12(17)3)8-13-14(19)6-5-7-15(13)20/h5-7,9H,8H2,1-4H3,(H2,21,22,27). The number of benzene rings is 1. The van der Waals surface area contributed by atoms with Crippen LogP contribution in [0.4, 0.5) is 15.8 Å². The van der Waals surface area contributed by atoms with Gasteiger partial charge in [0.05, 0.1) is 35.0 Å². The van der Waals surface area contributed by atoms with Crippen molar-refractivity contribution in [2.24, 2.45) is 7.05 Å². The molecule has 0 fully saturated rings. The second-order valence-corrected chi connectivity index (χ2v) is 7.10. The molecule has 2 aromatic heterocycles. The Morgan fingerprint density at radius 1 is 1.19 bits per heavy atom. The largest absolute Gasteiger partial charge is 0.330 e.